The summed E-state index contributed by atoms with van der Waals surface area (Å²) < 4.78 is 0. The molecule has 0 aromatic heterocycles. The monoisotopic (exact) mass is 391 g/mol. The van der Waals surface area contributed by atoms with E-state index >= 15 is 0 Å². The van der Waals surface area contributed by atoms with Crippen LogP contribution in [-0.4, -0.2) is 18.5 Å². The summed E-state index contributed by atoms with van der Waals surface area (Å²) in [4.78, 5) is 26.2. The molecule has 2 N–H and O–H groups in total. The number of carbonyl (C=O) groups excluding carboxylic acids is 2. The molecule has 136 valence electrons. The first-order chi connectivity index (χ1) is 12.4. The molecule has 0 spiro atoms. The fraction of sp³-hybridized carbons (Fsp3) is 0.263. The predicted molar refractivity (Wildman–Crippen MR) is 106 cm³/mol. The molecule has 7 heteroatoms. The molecule has 3 amide bonds. The fourth-order valence-corrected chi connectivity index (χ4v) is 3.20. The summed E-state index contributed by atoms with van der Waals surface area (Å²) in [6.45, 7) is 2.66. The zero-order chi connectivity index (χ0) is 18.7. The number of urea groups is 1. The fourth-order valence-electron chi connectivity index (χ4n) is 2.91. The Kier molecular flexibility index (Phi) is 5.69. The molecule has 1 aliphatic heterocycles. The lowest BCUT2D eigenvalue weighted by atomic mass is 10.1. The molecule has 0 aliphatic carbocycles. The number of benzene rings is 2. The maximum Gasteiger partial charge on any atom is 0.323 e. The van der Waals surface area contributed by atoms with Crippen LogP contribution in [0.4, 0.5) is 21.9 Å². The molecule has 0 saturated carbocycles. The van der Waals surface area contributed by atoms with E-state index in [0.717, 1.165) is 24.1 Å². The summed E-state index contributed by atoms with van der Waals surface area (Å²) in [6.07, 6.45) is 2.48. The number of hydrogen-bond donors (Lipinski definition) is 2. The van der Waals surface area contributed by atoms with E-state index < -0.39 is 6.03 Å². The molecule has 1 fully saturated rings. The van der Waals surface area contributed by atoms with Crippen LogP contribution >= 0.6 is 23.2 Å². The topological polar surface area (TPSA) is 61.4 Å². The Morgan fingerprint density at radius 1 is 1.00 bits per heavy atom. The minimum Gasteiger partial charge on any atom is -0.312 e. The second kappa shape index (κ2) is 7.98. The molecule has 2 aromatic rings. The summed E-state index contributed by atoms with van der Waals surface area (Å²) in [5.74, 6) is 0.122. The molecule has 1 aliphatic rings. The molecular weight excluding hydrogens is 373 g/mol. The van der Waals surface area contributed by atoms with Crippen molar-refractivity contribution in [3.63, 3.8) is 0 Å². The van der Waals surface area contributed by atoms with Crippen molar-refractivity contribution in [2.75, 3.05) is 22.1 Å². The van der Waals surface area contributed by atoms with Crippen molar-refractivity contribution in [3.05, 3.63) is 52.0 Å². The van der Waals surface area contributed by atoms with Crippen LogP contribution < -0.4 is 15.5 Å². The highest BCUT2D eigenvalue weighted by Crippen LogP contribution is 2.28. The molecule has 0 radical (unpaired) electrons. The van der Waals surface area contributed by atoms with Gasteiger partial charge in [0.2, 0.25) is 5.91 Å². The number of carbonyl (C=O) groups is 2. The Morgan fingerprint density at radius 3 is 2.38 bits per heavy atom. The highest BCUT2D eigenvalue weighted by molar-refractivity contribution is 6.42. The van der Waals surface area contributed by atoms with E-state index in [-0.39, 0.29) is 5.91 Å². The Morgan fingerprint density at radius 2 is 1.69 bits per heavy atom. The van der Waals surface area contributed by atoms with Crippen LogP contribution in [0.2, 0.25) is 10.0 Å². The lowest BCUT2D eigenvalue weighted by Crippen LogP contribution is -2.35. The summed E-state index contributed by atoms with van der Waals surface area (Å²) >= 11 is 11.8. The van der Waals surface area contributed by atoms with Crippen LogP contribution in [0.3, 0.4) is 0 Å². The number of nitrogens with zero attached hydrogens (tertiary/aromatic N) is 1. The zero-order valence-electron chi connectivity index (χ0n) is 14.3. The van der Waals surface area contributed by atoms with Gasteiger partial charge in [0.1, 0.15) is 0 Å². The minimum absolute atomic E-state index is 0.122. The van der Waals surface area contributed by atoms with E-state index in [1.165, 1.54) is 0 Å². The van der Waals surface area contributed by atoms with Gasteiger partial charge in [0, 0.05) is 30.0 Å². The van der Waals surface area contributed by atoms with E-state index in [4.69, 9.17) is 23.2 Å². The first-order valence-electron chi connectivity index (χ1n) is 8.38. The van der Waals surface area contributed by atoms with Crippen molar-refractivity contribution in [1.82, 2.24) is 0 Å². The number of piperidine rings is 1. The van der Waals surface area contributed by atoms with Gasteiger partial charge in [0.05, 0.1) is 10.0 Å². The summed E-state index contributed by atoms with van der Waals surface area (Å²) in [6, 6.07) is 9.99. The Hall–Kier alpha value is -2.24. The van der Waals surface area contributed by atoms with Crippen LogP contribution in [0.15, 0.2) is 36.4 Å². The normalized spacial score (nSPS) is 14.3. The number of halogens is 2. The quantitative estimate of drug-likeness (QED) is 0.728. The number of nitrogens with one attached hydrogen (secondary N) is 2. The molecule has 2 aromatic carbocycles. The second-order valence-corrected chi connectivity index (χ2v) is 7.03. The second-order valence-electron chi connectivity index (χ2n) is 6.21. The van der Waals surface area contributed by atoms with Gasteiger partial charge in [-0.25, -0.2) is 4.79 Å². The maximum atomic E-state index is 12.2. The van der Waals surface area contributed by atoms with Gasteiger partial charge in [0.15, 0.2) is 0 Å². The number of rotatable bonds is 3. The van der Waals surface area contributed by atoms with Crippen LogP contribution in [-0.2, 0) is 4.79 Å². The highest BCUT2D eigenvalue weighted by atomic mass is 35.5. The van der Waals surface area contributed by atoms with Crippen molar-refractivity contribution < 1.29 is 9.59 Å². The first kappa shape index (κ1) is 18.5. The first-order valence-corrected chi connectivity index (χ1v) is 9.14. The summed E-state index contributed by atoms with van der Waals surface area (Å²) in [5, 5.41) is 6.28. The van der Waals surface area contributed by atoms with Gasteiger partial charge in [0.25, 0.3) is 0 Å². The number of anilines is 3. The number of amides is 3. The van der Waals surface area contributed by atoms with Crippen LogP contribution in [0.25, 0.3) is 0 Å². The highest BCUT2D eigenvalue weighted by Gasteiger charge is 2.21. The standard InChI is InChI=1S/C19H19Cl2N3O2/c1-12-5-6-14(11-17(12)24-9-3-2-4-18(24)25)23-19(26)22-13-7-8-15(20)16(21)10-13/h5-8,10-11H,2-4,9H2,1H3,(H2,22,23,26). The average Bonchev–Trinajstić information content (AvgIpc) is 2.60. The van der Waals surface area contributed by atoms with E-state index in [2.05, 4.69) is 10.6 Å². The molecule has 1 saturated heterocycles. The number of aryl methyl sites for hydroxylation is 1. The lowest BCUT2D eigenvalue weighted by molar-refractivity contribution is -0.119. The van der Waals surface area contributed by atoms with Gasteiger partial charge in [-0.05, 0) is 55.7 Å². The Balaban J connectivity index is 1.73. The molecule has 3 rings (SSSR count). The van der Waals surface area contributed by atoms with E-state index in [0.29, 0.717) is 34.4 Å². The van der Waals surface area contributed by atoms with E-state index in [1.54, 1.807) is 23.1 Å². The Labute approximate surface area is 162 Å². The smallest absolute Gasteiger partial charge is 0.312 e. The van der Waals surface area contributed by atoms with Crippen molar-refractivity contribution in [1.29, 1.82) is 0 Å². The van der Waals surface area contributed by atoms with Crippen molar-refractivity contribution in [2.24, 2.45) is 0 Å². The molecule has 0 bridgehead atoms. The van der Waals surface area contributed by atoms with Crippen LogP contribution in [0, 0.1) is 6.92 Å². The zero-order valence-corrected chi connectivity index (χ0v) is 15.8. The third kappa shape index (κ3) is 4.29. The van der Waals surface area contributed by atoms with Gasteiger partial charge in [-0.3, -0.25) is 4.79 Å². The van der Waals surface area contributed by atoms with Crippen LogP contribution in [0.1, 0.15) is 24.8 Å². The maximum absolute atomic E-state index is 12.2. The average molecular weight is 392 g/mol. The SMILES string of the molecule is Cc1ccc(NC(=O)Nc2ccc(Cl)c(Cl)c2)cc1N1CCCCC1=O. The van der Waals surface area contributed by atoms with Crippen molar-refractivity contribution in [3.8, 4) is 0 Å². The molecule has 5 nitrogen and oxygen atoms in total. The molecular formula is C19H19Cl2N3O2. The van der Waals surface area contributed by atoms with E-state index in [9.17, 15) is 9.59 Å². The van der Waals surface area contributed by atoms with Gasteiger partial charge in [-0.2, -0.15) is 0 Å². The molecule has 1 heterocycles. The third-order valence-electron chi connectivity index (χ3n) is 4.26. The predicted octanol–water partition coefficient (Wildman–Crippen LogP) is 5.46. The minimum atomic E-state index is -0.400. The van der Waals surface area contributed by atoms with Crippen molar-refractivity contribution >= 4 is 52.2 Å². The Bertz CT molecular complexity index is 855. The molecule has 0 atom stereocenters. The molecule has 0 unspecified atom stereocenters. The van der Waals surface area contributed by atoms with Crippen molar-refractivity contribution in [2.45, 2.75) is 26.2 Å². The van der Waals surface area contributed by atoms with Crippen LogP contribution in [0.5, 0.6) is 0 Å². The third-order valence-corrected chi connectivity index (χ3v) is 5.00. The van der Waals surface area contributed by atoms with Gasteiger partial charge < -0.3 is 15.5 Å². The van der Waals surface area contributed by atoms with Gasteiger partial charge in [-0.15, -0.1) is 0 Å². The van der Waals surface area contributed by atoms with E-state index in [1.807, 2.05) is 25.1 Å². The number of hydrogen-bond acceptors (Lipinski definition) is 2. The molecule has 26 heavy (non-hydrogen) atoms. The lowest BCUT2D eigenvalue weighted by Gasteiger charge is -2.28. The van der Waals surface area contributed by atoms with Gasteiger partial charge >= 0.3 is 6.03 Å². The summed E-state index contributed by atoms with van der Waals surface area (Å²) in [5.41, 5.74) is 2.98. The largest absolute Gasteiger partial charge is 0.323 e. The van der Waals surface area contributed by atoms with Gasteiger partial charge in [-0.1, -0.05) is 29.3 Å². The summed E-state index contributed by atoms with van der Waals surface area (Å²) in [7, 11) is 0.